The van der Waals surface area contributed by atoms with Crippen LogP contribution >= 0.6 is 11.6 Å². The standard InChI is InChI=1S/C28H25ClN4O2.C2HF3O2/c29-24-13-11-22(12-14-24)28(35)32-18-23-5-1-2-6-25(23)33(26(34)19-32)17-20-7-9-21(10-8-20)27(30)31-15-3-4-16-31;3-2(4,5)1(6)7/h1-14,30H,15-19H2;(H,6,7). The molecule has 0 radical (unpaired) electrons. The van der Waals surface area contributed by atoms with E-state index in [0.717, 1.165) is 35.5 Å². The van der Waals surface area contributed by atoms with Gasteiger partial charge in [-0.2, -0.15) is 13.2 Å². The van der Waals surface area contributed by atoms with Gasteiger partial charge >= 0.3 is 12.1 Å². The minimum Gasteiger partial charge on any atom is -0.475 e. The molecule has 2 aliphatic rings. The maximum Gasteiger partial charge on any atom is 0.490 e. The van der Waals surface area contributed by atoms with Crippen molar-refractivity contribution in [1.29, 1.82) is 5.41 Å². The van der Waals surface area contributed by atoms with Gasteiger partial charge in [0, 0.05) is 41.5 Å². The summed E-state index contributed by atoms with van der Waals surface area (Å²) in [6.45, 7) is 2.23. The van der Waals surface area contributed by atoms with E-state index in [0.29, 0.717) is 29.5 Å². The van der Waals surface area contributed by atoms with Gasteiger partial charge in [0.1, 0.15) is 12.4 Å². The smallest absolute Gasteiger partial charge is 0.475 e. The molecule has 0 aromatic heterocycles. The van der Waals surface area contributed by atoms with E-state index in [-0.39, 0.29) is 18.4 Å². The molecule has 3 aromatic carbocycles. The average molecular weight is 599 g/mol. The molecule has 2 amide bonds. The van der Waals surface area contributed by atoms with Crippen molar-refractivity contribution in [2.24, 2.45) is 0 Å². The van der Waals surface area contributed by atoms with Gasteiger partial charge in [0.05, 0.1) is 6.54 Å². The fourth-order valence-electron chi connectivity index (χ4n) is 4.44. The molecule has 12 heteroatoms. The fraction of sp³-hybridized carbons (Fsp3) is 0.200. The Bertz CT molecular complexity index is 1500. The number of amidine groups is 1. The second kappa shape index (κ2) is 12.9. The average Bonchev–Trinajstić information content (AvgIpc) is 3.47. The number of para-hydroxylation sites is 1. The number of nitrogens with zero attached hydrogens (tertiary/aromatic N) is 3. The first-order chi connectivity index (χ1) is 19.9. The SMILES string of the molecule is N=C(c1ccc(CN2C(=O)CN(C(=O)c3ccc(Cl)cc3)Cc3ccccc32)cc1)N1CC=CC1.O=C(O)C(F)(F)F. The number of nitrogens with one attached hydrogen (secondary N) is 1. The monoisotopic (exact) mass is 598 g/mol. The molecule has 0 unspecified atom stereocenters. The number of hydrogen-bond acceptors (Lipinski definition) is 4. The second-order valence-electron chi connectivity index (χ2n) is 9.50. The Morgan fingerprint density at radius 2 is 1.43 bits per heavy atom. The third kappa shape index (κ3) is 7.35. The zero-order valence-electron chi connectivity index (χ0n) is 22.1. The van der Waals surface area contributed by atoms with Crippen molar-refractivity contribution in [1.82, 2.24) is 9.80 Å². The van der Waals surface area contributed by atoms with Crippen molar-refractivity contribution < 1.29 is 32.7 Å². The molecule has 0 saturated carbocycles. The lowest BCUT2D eigenvalue weighted by molar-refractivity contribution is -0.192. The molecular formula is C30H26ClF3N4O4. The summed E-state index contributed by atoms with van der Waals surface area (Å²) in [5.74, 6) is -2.61. The summed E-state index contributed by atoms with van der Waals surface area (Å²) in [5, 5.41) is 16.1. The number of halogens is 4. The van der Waals surface area contributed by atoms with Crippen LogP contribution in [0.25, 0.3) is 0 Å². The summed E-state index contributed by atoms with van der Waals surface area (Å²) in [5.41, 5.74) is 4.03. The van der Waals surface area contributed by atoms with Crippen LogP contribution in [0.4, 0.5) is 18.9 Å². The van der Waals surface area contributed by atoms with Gasteiger partial charge in [-0.25, -0.2) is 4.79 Å². The van der Waals surface area contributed by atoms with Crippen LogP contribution in [0.2, 0.25) is 5.02 Å². The van der Waals surface area contributed by atoms with E-state index >= 15 is 0 Å². The zero-order valence-corrected chi connectivity index (χ0v) is 22.9. The van der Waals surface area contributed by atoms with Crippen LogP contribution in [-0.2, 0) is 22.7 Å². The zero-order chi connectivity index (χ0) is 30.4. The second-order valence-corrected chi connectivity index (χ2v) is 9.94. The summed E-state index contributed by atoms with van der Waals surface area (Å²) in [7, 11) is 0. The van der Waals surface area contributed by atoms with Gasteiger partial charge in [-0.1, -0.05) is 66.2 Å². The lowest BCUT2D eigenvalue weighted by atomic mass is 10.1. The van der Waals surface area contributed by atoms with Crippen LogP contribution < -0.4 is 4.90 Å². The molecule has 0 saturated heterocycles. The number of aliphatic carboxylic acids is 1. The summed E-state index contributed by atoms with van der Waals surface area (Å²) < 4.78 is 31.7. The molecule has 0 aliphatic carbocycles. The highest BCUT2D eigenvalue weighted by atomic mass is 35.5. The lowest BCUT2D eigenvalue weighted by Gasteiger charge is -2.24. The molecule has 8 nitrogen and oxygen atoms in total. The van der Waals surface area contributed by atoms with Crippen LogP contribution in [0.1, 0.15) is 27.0 Å². The minimum atomic E-state index is -5.08. The molecule has 2 N–H and O–H groups in total. The summed E-state index contributed by atoms with van der Waals surface area (Å²) in [6.07, 6.45) is -0.960. The lowest BCUT2D eigenvalue weighted by Crippen LogP contribution is -2.39. The molecule has 3 aromatic rings. The number of hydrogen-bond donors (Lipinski definition) is 2. The van der Waals surface area contributed by atoms with Crippen LogP contribution in [0.15, 0.2) is 84.9 Å². The van der Waals surface area contributed by atoms with Crippen molar-refractivity contribution in [2.75, 3.05) is 24.5 Å². The van der Waals surface area contributed by atoms with E-state index in [4.69, 9.17) is 26.9 Å². The Labute approximate surface area is 244 Å². The van der Waals surface area contributed by atoms with Crippen LogP contribution in [-0.4, -0.2) is 64.3 Å². The predicted molar refractivity (Wildman–Crippen MR) is 151 cm³/mol. The van der Waals surface area contributed by atoms with Gasteiger partial charge in [0.2, 0.25) is 5.91 Å². The van der Waals surface area contributed by atoms with E-state index in [2.05, 4.69) is 12.2 Å². The van der Waals surface area contributed by atoms with Crippen LogP contribution in [0, 0.1) is 5.41 Å². The van der Waals surface area contributed by atoms with E-state index < -0.39 is 12.1 Å². The minimum absolute atomic E-state index is 0.0131. The molecule has 0 spiro atoms. The first-order valence-corrected chi connectivity index (χ1v) is 13.1. The molecule has 5 rings (SSSR count). The first kappa shape index (κ1) is 30.3. The Kier molecular flexibility index (Phi) is 9.31. The number of carboxylic acids is 1. The highest BCUT2D eigenvalue weighted by molar-refractivity contribution is 6.30. The number of rotatable bonds is 4. The third-order valence-electron chi connectivity index (χ3n) is 6.59. The molecule has 218 valence electrons. The third-order valence-corrected chi connectivity index (χ3v) is 6.85. The molecule has 0 fully saturated rings. The Hall–Kier alpha value is -4.64. The predicted octanol–water partition coefficient (Wildman–Crippen LogP) is 5.36. The van der Waals surface area contributed by atoms with Gasteiger partial charge in [-0.05, 0) is 41.5 Å². The number of fused-ring (bicyclic) bond motifs is 1. The summed E-state index contributed by atoms with van der Waals surface area (Å²) >= 11 is 5.97. The molecular weight excluding hydrogens is 573 g/mol. The van der Waals surface area contributed by atoms with Crippen LogP contribution in [0.5, 0.6) is 0 Å². The topological polar surface area (TPSA) is 105 Å². The van der Waals surface area contributed by atoms with E-state index in [1.165, 1.54) is 0 Å². The molecule has 0 bridgehead atoms. The molecule has 0 atom stereocenters. The largest absolute Gasteiger partial charge is 0.490 e. The van der Waals surface area contributed by atoms with E-state index in [1.807, 2.05) is 53.4 Å². The van der Waals surface area contributed by atoms with Crippen molar-refractivity contribution >= 4 is 40.9 Å². The van der Waals surface area contributed by atoms with Crippen molar-refractivity contribution in [3.8, 4) is 0 Å². The number of carbonyl (C=O) groups is 3. The van der Waals surface area contributed by atoms with Gasteiger partial charge in [-0.15, -0.1) is 0 Å². The highest BCUT2D eigenvalue weighted by Crippen LogP contribution is 2.28. The summed E-state index contributed by atoms with van der Waals surface area (Å²) in [4.78, 5) is 40.8. The molecule has 42 heavy (non-hydrogen) atoms. The molecule has 2 heterocycles. The van der Waals surface area contributed by atoms with Crippen molar-refractivity contribution in [3.05, 3.63) is 112 Å². The van der Waals surface area contributed by atoms with Crippen molar-refractivity contribution in [2.45, 2.75) is 19.3 Å². The summed E-state index contributed by atoms with van der Waals surface area (Å²) in [6, 6.07) is 22.2. The number of amides is 2. The first-order valence-electron chi connectivity index (χ1n) is 12.7. The normalized spacial score (nSPS) is 14.6. The quantitative estimate of drug-likeness (QED) is 0.239. The Balaban J connectivity index is 0.000000517. The van der Waals surface area contributed by atoms with Crippen LogP contribution in [0.3, 0.4) is 0 Å². The maximum absolute atomic E-state index is 13.4. The highest BCUT2D eigenvalue weighted by Gasteiger charge is 2.38. The molecule has 2 aliphatic heterocycles. The fourth-order valence-corrected chi connectivity index (χ4v) is 4.56. The Morgan fingerprint density at radius 1 is 0.857 bits per heavy atom. The Morgan fingerprint density at radius 3 is 2.02 bits per heavy atom. The van der Waals surface area contributed by atoms with Gasteiger partial charge in [0.15, 0.2) is 0 Å². The van der Waals surface area contributed by atoms with E-state index in [9.17, 15) is 22.8 Å². The van der Waals surface area contributed by atoms with Crippen molar-refractivity contribution in [3.63, 3.8) is 0 Å². The number of carbonyl (C=O) groups excluding carboxylic acids is 2. The van der Waals surface area contributed by atoms with E-state index in [1.54, 1.807) is 34.1 Å². The number of carboxylic acid groups (broad SMARTS) is 1. The number of anilines is 1. The van der Waals surface area contributed by atoms with Gasteiger partial charge in [-0.3, -0.25) is 15.0 Å². The number of alkyl halides is 3. The van der Waals surface area contributed by atoms with Gasteiger partial charge < -0.3 is 19.8 Å². The number of benzene rings is 3. The van der Waals surface area contributed by atoms with Gasteiger partial charge in [0.25, 0.3) is 5.91 Å². The maximum atomic E-state index is 13.4.